The van der Waals surface area contributed by atoms with Gasteiger partial charge in [-0.25, -0.2) is 0 Å². The largest absolute Gasteiger partial charge is 0.379 e. The highest BCUT2D eigenvalue weighted by molar-refractivity contribution is 5.71. The second-order valence-electron chi connectivity index (χ2n) is 4.21. The van der Waals surface area contributed by atoms with Gasteiger partial charge in [-0.2, -0.15) is 0 Å². The highest BCUT2D eigenvalue weighted by atomic mass is 16.5. The molecule has 0 aromatic heterocycles. The van der Waals surface area contributed by atoms with Gasteiger partial charge in [0.15, 0.2) is 0 Å². The van der Waals surface area contributed by atoms with E-state index in [1.807, 2.05) is 43.3 Å². The van der Waals surface area contributed by atoms with Crippen molar-refractivity contribution in [2.75, 3.05) is 32.2 Å². The zero-order chi connectivity index (χ0) is 10.9. The number of hydrogen-bond donors (Lipinski definition) is 0. The molecule has 0 bridgehead atoms. The maximum atomic E-state index is 11.0. The lowest BCUT2D eigenvalue weighted by atomic mass is 9.80. The zero-order valence-corrected chi connectivity index (χ0v) is 9.06. The standard InChI is InChI=1S/C12H15NO2/c1-13(2)11-5-3-10(4-6-11)12(7-14)8-15-9-12/h3-7H,8-9H2,1-2H3. The highest BCUT2D eigenvalue weighted by Gasteiger charge is 2.40. The molecule has 80 valence electrons. The average Bonchev–Trinajstić information content (AvgIpc) is 2.18. The van der Waals surface area contributed by atoms with Gasteiger partial charge in [0.05, 0.1) is 18.6 Å². The Morgan fingerprint density at radius 1 is 1.27 bits per heavy atom. The number of rotatable bonds is 3. The van der Waals surface area contributed by atoms with E-state index in [-0.39, 0.29) is 5.41 Å². The van der Waals surface area contributed by atoms with Gasteiger partial charge in [0.2, 0.25) is 0 Å². The Kier molecular flexibility index (Phi) is 2.49. The Hall–Kier alpha value is -1.35. The molecule has 3 heteroatoms. The molecule has 0 aliphatic carbocycles. The molecule has 1 saturated heterocycles. The van der Waals surface area contributed by atoms with Crippen molar-refractivity contribution in [1.82, 2.24) is 0 Å². The van der Waals surface area contributed by atoms with Crippen molar-refractivity contribution in [2.24, 2.45) is 0 Å². The van der Waals surface area contributed by atoms with Crippen LogP contribution in [0.15, 0.2) is 24.3 Å². The maximum absolute atomic E-state index is 11.0. The van der Waals surface area contributed by atoms with Crippen molar-refractivity contribution in [1.29, 1.82) is 0 Å². The van der Waals surface area contributed by atoms with Crippen LogP contribution in [0.3, 0.4) is 0 Å². The van der Waals surface area contributed by atoms with E-state index in [2.05, 4.69) is 0 Å². The van der Waals surface area contributed by atoms with Gasteiger partial charge in [-0.3, -0.25) is 0 Å². The van der Waals surface area contributed by atoms with Gasteiger partial charge in [0, 0.05) is 19.8 Å². The Morgan fingerprint density at radius 3 is 2.20 bits per heavy atom. The van der Waals surface area contributed by atoms with E-state index in [0.29, 0.717) is 13.2 Å². The fourth-order valence-corrected chi connectivity index (χ4v) is 1.72. The molecule has 0 amide bonds. The van der Waals surface area contributed by atoms with Crippen molar-refractivity contribution >= 4 is 12.0 Å². The van der Waals surface area contributed by atoms with E-state index in [4.69, 9.17) is 4.74 Å². The first-order valence-electron chi connectivity index (χ1n) is 5.00. The summed E-state index contributed by atoms with van der Waals surface area (Å²) in [5.74, 6) is 0. The minimum Gasteiger partial charge on any atom is -0.379 e. The fraction of sp³-hybridized carbons (Fsp3) is 0.417. The molecule has 0 N–H and O–H groups in total. The Labute approximate surface area is 89.7 Å². The van der Waals surface area contributed by atoms with Crippen molar-refractivity contribution in [3.63, 3.8) is 0 Å². The number of carbonyl (C=O) groups excluding carboxylic acids is 1. The molecule has 0 unspecified atom stereocenters. The molecular weight excluding hydrogens is 190 g/mol. The summed E-state index contributed by atoms with van der Waals surface area (Å²) in [6.45, 7) is 1.02. The van der Waals surface area contributed by atoms with Crippen molar-refractivity contribution in [3.8, 4) is 0 Å². The fourth-order valence-electron chi connectivity index (χ4n) is 1.72. The minimum absolute atomic E-state index is 0.384. The van der Waals surface area contributed by atoms with E-state index < -0.39 is 0 Å². The summed E-state index contributed by atoms with van der Waals surface area (Å²) in [4.78, 5) is 13.1. The van der Waals surface area contributed by atoms with E-state index in [9.17, 15) is 4.79 Å². The smallest absolute Gasteiger partial charge is 0.135 e. The number of carbonyl (C=O) groups is 1. The van der Waals surface area contributed by atoms with Crippen molar-refractivity contribution in [3.05, 3.63) is 29.8 Å². The molecular formula is C12H15NO2. The monoisotopic (exact) mass is 205 g/mol. The molecule has 3 nitrogen and oxygen atoms in total. The molecule has 15 heavy (non-hydrogen) atoms. The maximum Gasteiger partial charge on any atom is 0.135 e. The summed E-state index contributed by atoms with van der Waals surface area (Å²) in [7, 11) is 3.99. The highest BCUT2D eigenvalue weighted by Crippen LogP contribution is 2.31. The predicted octanol–water partition coefficient (Wildman–Crippen LogP) is 1.22. The normalized spacial score (nSPS) is 18.0. The lowest BCUT2D eigenvalue weighted by Gasteiger charge is -2.37. The predicted molar refractivity (Wildman–Crippen MR) is 59.3 cm³/mol. The van der Waals surface area contributed by atoms with Crippen LogP contribution in [0.4, 0.5) is 5.69 Å². The molecule has 0 spiro atoms. The quantitative estimate of drug-likeness (QED) is 0.695. The summed E-state index contributed by atoms with van der Waals surface area (Å²) in [6, 6.07) is 8.07. The van der Waals surface area contributed by atoms with E-state index >= 15 is 0 Å². The van der Waals surface area contributed by atoms with Crippen LogP contribution >= 0.6 is 0 Å². The molecule has 1 aliphatic heterocycles. The van der Waals surface area contributed by atoms with Crippen molar-refractivity contribution < 1.29 is 9.53 Å². The number of ether oxygens (including phenoxy) is 1. The zero-order valence-electron chi connectivity index (χ0n) is 9.06. The molecule has 2 rings (SSSR count). The molecule has 0 saturated carbocycles. The second-order valence-corrected chi connectivity index (χ2v) is 4.21. The molecule has 1 fully saturated rings. The minimum atomic E-state index is -0.384. The summed E-state index contributed by atoms with van der Waals surface area (Å²) in [6.07, 6.45) is 1.00. The Balaban J connectivity index is 2.26. The second kappa shape index (κ2) is 3.66. The number of nitrogens with zero attached hydrogens (tertiary/aromatic N) is 1. The molecule has 1 heterocycles. The van der Waals surface area contributed by atoms with Gasteiger partial charge < -0.3 is 14.4 Å². The first kappa shape index (κ1) is 10.2. The van der Waals surface area contributed by atoms with Crippen LogP contribution < -0.4 is 4.90 Å². The number of anilines is 1. The third kappa shape index (κ3) is 1.63. The first-order chi connectivity index (χ1) is 7.18. The molecule has 0 radical (unpaired) electrons. The van der Waals surface area contributed by atoms with Gasteiger partial charge in [0.25, 0.3) is 0 Å². The van der Waals surface area contributed by atoms with Crippen LogP contribution in [0, 0.1) is 0 Å². The molecule has 0 atom stereocenters. The molecule has 1 aliphatic rings. The Morgan fingerprint density at radius 2 is 1.87 bits per heavy atom. The lowest BCUT2D eigenvalue weighted by Crippen LogP contribution is -2.48. The van der Waals surface area contributed by atoms with Crippen LogP contribution in [0.2, 0.25) is 0 Å². The lowest BCUT2D eigenvalue weighted by molar-refractivity contribution is -0.129. The Bertz CT molecular complexity index is 352. The summed E-state index contributed by atoms with van der Waals surface area (Å²) >= 11 is 0. The van der Waals surface area contributed by atoms with Gasteiger partial charge in [-0.05, 0) is 17.7 Å². The van der Waals surface area contributed by atoms with E-state index in [1.54, 1.807) is 0 Å². The van der Waals surface area contributed by atoms with Crippen LogP contribution in [-0.2, 0) is 14.9 Å². The van der Waals surface area contributed by atoms with Crippen LogP contribution in [0.25, 0.3) is 0 Å². The van der Waals surface area contributed by atoms with E-state index in [1.165, 1.54) is 0 Å². The average molecular weight is 205 g/mol. The van der Waals surface area contributed by atoms with Crippen LogP contribution in [-0.4, -0.2) is 33.6 Å². The third-order valence-electron chi connectivity index (χ3n) is 2.90. The molecule has 1 aromatic carbocycles. The van der Waals surface area contributed by atoms with Gasteiger partial charge in [-0.1, -0.05) is 12.1 Å². The summed E-state index contributed by atoms with van der Waals surface area (Å²) in [5, 5.41) is 0. The third-order valence-corrected chi connectivity index (χ3v) is 2.90. The summed E-state index contributed by atoms with van der Waals surface area (Å²) in [5.41, 5.74) is 1.81. The first-order valence-corrected chi connectivity index (χ1v) is 5.00. The topological polar surface area (TPSA) is 29.5 Å². The van der Waals surface area contributed by atoms with Gasteiger partial charge in [-0.15, -0.1) is 0 Å². The van der Waals surface area contributed by atoms with Gasteiger partial charge >= 0.3 is 0 Å². The van der Waals surface area contributed by atoms with Gasteiger partial charge in [0.1, 0.15) is 6.29 Å². The number of benzene rings is 1. The SMILES string of the molecule is CN(C)c1ccc(C2(C=O)COC2)cc1. The summed E-state index contributed by atoms with van der Waals surface area (Å²) < 4.78 is 5.12. The van der Waals surface area contributed by atoms with E-state index in [0.717, 1.165) is 17.5 Å². The number of aldehydes is 1. The number of hydrogen-bond acceptors (Lipinski definition) is 3. The van der Waals surface area contributed by atoms with Crippen LogP contribution in [0.5, 0.6) is 0 Å². The van der Waals surface area contributed by atoms with Crippen LogP contribution in [0.1, 0.15) is 5.56 Å². The molecule has 1 aromatic rings. The van der Waals surface area contributed by atoms with Crippen molar-refractivity contribution in [2.45, 2.75) is 5.41 Å².